The molecule has 0 aromatic heterocycles. The Morgan fingerprint density at radius 2 is 1.63 bits per heavy atom. The minimum atomic E-state index is 0.0478. The molecule has 0 saturated heterocycles. The lowest BCUT2D eigenvalue weighted by atomic mass is 9.78. The Morgan fingerprint density at radius 1 is 0.947 bits per heavy atom. The predicted octanol–water partition coefficient (Wildman–Crippen LogP) is 5.50. The molecule has 100 valence electrons. The molecule has 0 aliphatic heterocycles. The highest BCUT2D eigenvalue weighted by atomic mass is 79.9. The van der Waals surface area contributed by atoms with Crippen LogP contribution in [0, 0.1) is 0 Å². The summed E-state index contributed by atoms with van der Waals surface area (Å²) in [4.78, 5) is 1.35. The molecule has 0 aliphatic carbocycles. The Labute approximate surface area is 128 Å². The smallest absolute Gasteiger partial charge is 0.0146 e. The molecule has 2 aromatic carbocycles. The first-order valence-corrected chi connectivity index (χ1v) is 8.60. The molecule has 0 atom stereocenters. The molecule has 0 spiro atoms. The van der Waals surface area contributed by atoms with Crippen molar-refractivity contribution in [2.45, 2.75) is 24.2 Å². The molecule has 0 fully saturated rings. The monoisotopic (exact) mass is 334 g/mol. The highest BCUT2D eigenvalue weighted by Gasteiger charge is 2.22. The van der Waals surface area contributed by atoms with Gasteiger partial charge in [0.15, 0.2) is 0 Å². The van der Waals surface area contributed by atoms with Gasteiger partial charge < -0.3 is 0 Å². The van der Waals surface area contributed by atoms with Gasteiger partial charge in [-0.25, -0.2) is 0 Å². The van der Waals surface area contributed by atoms with Crippen molar-refractivity contribution in [2.75, 3.05) is 11.1 Å². The van der Waals surface area contributed by atoms with Crippen molar-refractivity contribution in [1.29, 1.82) is 0 Å². The van der Waals surface area contributed by atoms with Gasteiger partial charge in [-0.05, 0) is 23.3 Å². The molecule has 0 heterocycles. The Balaban J connectivity index is 2.30. The van der Waals surface area contributed by atoms with Gasteiger partial charge in [-0.15, -0.1) is 11.8 Å². The van der Waals surface area contributed by atoms with Gasteiger partial charge in [0.25, 0.3) is 0 Å². The van der Waals surface area contributed by atoms with E-state index in [0.29, 0.717) is 0 Å². The summed E-state index contributed by atoms with van der Waals surface area (Å²) in [5, 5.41) is 1.03. The zero-order valence-corrected chi connectivity index (χ0v) is 13.8. The highest BCUT2D eigenvalue weighted by molar-refractivity contribution is 9.09. The lowest BCUT2D eigenvalue weighted by Crippen LogP contribution is -2.18. The van der Waals surface area contributed by atoms with E-state index in [1.807, 2.05) is 11.8 Å². The van der Waals surface area contributed by atoms with Crippen LogP contribution in [-0.4, -0.2) is 11.1 Å². The van der Waals surface area contributed by atoms with Gasteiger partial charge in [0.2, 0.25) is 0 Å². The van der Waals surface area contributed by atoms with E-state index in [2.05, 4.69) is 84.4 Å². The van der Waals surface area contributed by atoms with Gasteiger partial charge >= 0.3 is 0 Å². The lowest BCUT2D eigenvalue weighted by Gasteiger charge is -2.26. The van der Waals surface area contributed by atoms with E-state index in [-0.39, 0.29) is 5.41 Å². The SMILES string of the molecule is CC(C)(c1ccccc1)c1cccc(SCCBr)c1. The third-order valence-corrected chi connectivity index (χ3v) is 5.31. The summed E-state index contributed by atoms with van der Waals surface area (Å²) in [7, 11) is 0. The topological polar surface area (TPSA) is 0 Å². The maximum absolute atomic E-state index is 3.48. The van der Waals surface area contributed by atoms with Gasteiger partial charge in [-0.3, -0.25) is 0 Å². The van der Waals surface area contributed by atoms with E-state index < -0.39 is 0 Å². The molecule has 2 rings (SSSR count). The van der Waals surface area contributed by atoms with Crippen molar-refractivity contribution >= 4 is 27.7 Å². The molecular weight excluding hydrogens is 316 g/mol. The summed E-state index contributed by atoms with van der Waals surface area (Å²) < 4.78 is 0. The van der Waals surface area contributed by atoms with Crippen molar-refractivity contribution in [1.82, 2.24) is 0 Å². The summed E-state index contributed by atoms with van der Waals surface area (Å²) in [5.74, 6) is 1.11. The van der Waals surface area contributed by atoms with Crippen molar-refractivity contribution in [3.8, 4) is 0 Å². The molecular formula is C17H19BrS. The first-order chi connectivity index (χ1) is 9.14. The Hall–Kier alpha value is -0.730. The molecule has 19 heavy (non-hydrogen) atoms. The zero-order valence-electron chi connectivity index (χ0n) is 11.4. The molecule has 2 heteroatoms. The quantitative estimate of drug-likeness (QED) is 0.514. The number of thioether (sulfide) groups is 1. The Kier molecular flexibility index (Phi) is 5.12. The summed E-state index contributed by atoms with van der Waals surface area (Å²) in [5.41, 5.74) is 2.78. The van der Waals surface area contributed by atoms with Crippen LogP contribution in [0.1, 0.15) is 25.0 Å². The molecule has 0 amide bonds. The Bertz CT molecular complexity index is 520. The number of rotatable bonds is 5. The van der Waals surface area contributed by atoms with E-state index in [0.717, 1.165) is 11.1 Å². The fourth-order valence-electron chi connectivity index (χ4n) is 2.15. The maximum atomic E-state index is 3.48. The van der Waals surface area contributed by atoms with Crippen LogP contribution in [0.2, 0.25) is 0 Å². The lowest BCUT2D eigenvalue weighted by molar-refractivity contribution is 0.639. The van der Waals surface area contributed by atoms with Crippen molar-refractivity contribution in [3.63, 3.8) is 0 Å². The molecule has 0 aliphatic rings. The van der Waals surface area contributed by atoms with Crippen LogP contribution in [0.5, 0.6) is 0 Å². The van der Waals surface area contributed by atoms with E-state index >= 15 is 0 Å². The van der Waals surface area contributed by atoms with Gasteiger partial charge in [0, 0.05) is 21.4 Å². The number of alkyl halides is 1. The summed E-state index contributed by atoms with van der Waals surface area (Å²) >= 11 is 5.38. The molecule has 0 bridgehead atoms. The molecule has 0 unspecified atom stereocenters. The second-order valence-corrected chi connectivity index (χ2v) is 7.02. The number of benzene rings is 2. The minimum Gasteiger partial charge on any atom is -0.125 e. The molecule has 0 N–H and O–H groups in total. The first-order valence-electron chi connectivity index (χ1n) is 6.49. The zero-order chi connectivity index (χ0) is 13.7. The van der Waals surface area contributed by atoms with E-state index in [9.17, 15) is 0 Å². The van der Waals surface area contributed by atoms with Gasteiger partial charge in [0.1, 0.15) is 0 Å². The fraction of sp³-hybridized carbons (Fsp3) is 0.294. The molecule has 0 nitrogen and oxygen atoms in total. The maximum Gasteiger partial charge on any atom is 0.0146 e. The van der Waals surface area contributed by atoms with Crippen LogP contribution in [0.3, 0.4) is 0 Å². The number of hydrogen-bond donors (Lipinski definition) is 0. The number of halogens is 1. The van der Waals surface area contributed by atoms with Crippen molar-refractivity contribution < 1.29 is 0 Å². The van der Waals surface area contributed by atoms with Crippen LogP contribution in [0.25, 0.3) is 0 Å². The normalized spacial score (nSPS) is 11.5. The second kappa shape index (κ2) is 6.62. The predicted molar refractivity (Wildman–Crippen MR) is 89.5 cm³/mol. The van der Waals surface area contributed by atoms with Gasteiger partial charge in [-0.2, -0.15) is 0 Å². The standard InChI is InChI=1S/C17H19BrS/c1-17(2,14-7-4-3-5-8-14)15-9-6-10-16(13-15)19-12-11-18/h3-10,13H,11-12H2,1-2H3. The Morgan fingerprint density at radius 3 is 2.32 bits per heavy atom. The molecule has 2 aromatic rings. The van der Waals surface area contributed by atoms with Crippen molar-refractivity contribution in [3.05, 3.63) is 65.7 Å². The van der Waals surface area contributed by atoms with Gasteiger partial charge in [-0.1, -0.05) is 72.2 Å². The van der Waals surface area contributed by atoms with Crippen LogP contribution in [0.15, 0.2) is 59.5 Å². The van der Waals surface area contributed by atoms with Crippen LogP contribution < -0.4 is 0 Å². The van der Waals surface area contributed by atoms with E-state index in [1.165, 1.54) is 16.0 Å². The molecule has 0 radical (unpaired) electrons. The summed E-state index contributed by atoms with van der Waals surface area (Å²) in [6.07, 6.45) is 0. The summed E-state index contributed by atoms with van der Waals surface area (Å²) in [6.45, 7) is 4.58. The third-order valence-electron chi connectivity index (χ3n) is 3.40. The van der Waals surface area contributed by atoms with Crippen molar-refractivity contribution in [2.24, 2.45) is 0 Å². The minimum absolute atomic E-state index is 0.0478. The third kappa shape index (κ3) is 3.64. The first kappa shape index (κ1) is 14.7. The van der Waals surface area contributed by atoms with Crippen LogP contribution in [0.4, 0.5) is 0 Å². The van der Waals surface area contributed by atoms with E-state index in [4.69, 9.17) is 0 Å². The van der Waals surface area contributed by atoms with Crippen LogP contribution >= 0.6 is 27.7 Å². The largest absolute Gasteiger partial charge is 0.125 e. The average Bonchev–Trinajstić information content (AvgIpc) is 2.46. The molecule has 0 saturated carbocycles. The van der Waals surface area contributed by atoms with Gasteiger partial charge in [0.05, 0.1) is 0 Å². The average molecular weight is 335 g/mol. The fourth-order valence-corrected chi connectivity index (χ4v) is 3.34. The highest BCUT2D eigenvalue weighted by Crippen LogP contribution is 2.33. The summed E-state index contributed by atoms with van der Waals surface area (Å²) in [6, 6.07) is 19.6. The second-order valence-electron chi connectivity index (χ2n) is 5.06. The van der Waals surface area contributed by atoms with Crippen LogP contribution in [-0.2, 0) is 5.41 Å². The van der Waals surface area contributed by atoms with E-state index in [1.54, 1.807) is 0 Å². The number of hydrogen-bond acceptors (Lipinski definition) is 1.